The van der Waals surface area contributed by atoms with Crippen LogP contribution >= 0.6 is 15.9 Å². The average molecular weight is 284 g/mol. The summed E-state index contributed by atoms with van der Waals surface area (Å²) in [5.41, 5.74) is 0.816. The number of anilines is 1. The molecule has 1 aliphatic rings. The fourth-order valence-electron chi connectivity index (χ4n) is 1.72. The van der Waals surface area contributed by atoms with Gasteiger partial charge in [0.1, 0.15) is 0 Å². The zero-order chi connectivity index (χ0) is 11.8. The molecule has 1 aromatic rings. The molecule has 0 radical (unpaired) electrons. The van der Waals surface area contributed by atoms with Gasteiger partial charge in [-0.2, -0.15) is 0 Å². The van der Waals surface area contributed by atoms with Gasteiger partial charge in [0, 0.05) is 15.7 Å². The standard InChI is InChI=1S/C12H14BrNO2/c1-12(7-8-12)14(11(15)16-2)10-5-3-9(13)4-6-10/h3-6H,7-8H2,1-2H3. The Balaban J connectivity index is 2.32. The van der Waals surface area contributed by atoms with E-state index < -0.39 is 0 Å². The lowest BCUT2D eigenvalue weighted by Crippen LogP contribution is -2.40. The number of ether oxygens (including phenoxy) is 1. The Hall–Kier alpha value is -1.03. The van der Waals surface area contributed by atoms with Gasteiger partial charge in [0.05, 0.1) is 7.11 Å². The third-order valence-corrected chi connectivity index (χ3v) is 3.48. The second-order valence-corrected chi connectivity index (χ2v) is 5.19. The van der Waals surface area contributed by atoms with Crippen LogP contribution in [0, 0.1) is 0 Å². The summed E-state index contributed by atoms with van der Waals surface area (Å²) in [4.78, 5) is 13.5. The third kappa shape index (κ3) is 2.07. The van der Waals surface area contributed by atoms with Gasteiger partial charge < -0.3 is 4.74 Å². The van der Waals surface area contributed by atoms with Crippen LogP contribution in [0.15, 0.2) is 28.7 Å². The topological polar surface area (TPSA) is 29.5 Å². The highest BCUT2D eigenvalue weighted by Gasteiger charge is 2.47. The van der Waals surface area contributed by atoms with E-state index in [0.717, 1.165) is 23.0 Å². The Morgan fingerprint density at radius 3 is 2.38 bits per heavy atom. The number of carbonyl (C=O) groups is 1. The molecule has 1 aliphatic carbocycles. The van der Waals surface area contributed by atoms with Crippen molar-refractivity contribution in [2.24, 2.45) is 0 Å². The molecule has 0 saturated heterocycles. The van der Waals surface area contributed by atoms with Gasteiger partial charge in [0.2, 0.25) is 0 Å². The molecular weight excluding hydrogens is 270 g/mol. The zero-order valence-corrected chi connectivity index (χ0v) is 11.0. The molecule has 2 rings (SSSR count). The molecule has 0 N–H and O–H groups in total. The van der Waals surface area contributed by atoms with Crippen LogP contribution in [0.3, 0.4) is 0 Å². The Bertz CT molecular complexity index is 398. The maximum atomic E-state index is 11.8. The quantitative estimate of drug-likeness (QED) is 0.830. The molecule has 0 heterocycles. The zero-order valence-electron chi connectivity index (χ0n) is 9.37. The number of carbonyl (C=O) groups excluding carboxylic acids is 1. The van der Waals surface area contributed by atoms with E-state index in [-0.39, 0.29) is 11.6 Å². The Morgan fingerprint density at radius 1 is 1.38 bits per heavy atom. The Morgan fingerprint density at radius 2 is 1.94 bits per heavy atom. The lowest BCUT2D eigenvalue weighted by atomic mass is 10.2. The minimum atomic E-state index is -0.290. The minimum Gasteiger partial charge on any atom is -0.452 e. The minimum absolute atomic E-state index is 0.0685. The van der Waals surface area contributed by atoms with E-state index in [1.807, 2.05) is 24.3 Å². The first-order chi connectivity index (χ1) is 7.57. The molecule has 0 atom stereocenters. The van der Waals surface area contributed by atoms with Gasteiger partial charge in [-0.05, 0) is 44.0 Å². The van der Waals surface area contributed by atoms with E-state index in [9.17, 15) is 4.79 Å². The van der Waals surface area contributed by atoms with Crippen LogP contribution in [0.4, 0.5) is 10.5 Å². The fourth-order valence-corrected chi connectivity index (χ4v) is 1.99. The first-order valence-electron chi connectivity index (χ1n) is 5.20. The van der Waals surface area contributed by atoms with Crippen molar-refractivity contribution in [3.63, 3.8) is 0 Å². The molecule has 1 saturated carbocycles. The molecule has 1 fully saturated rings. The molecule has 1 aromatic carbocycles. The molecule has 3 nitrogen and oxygen atoms in total. The van der Waals surface area contributed by atoms with Crippen molar-refractivity contribution < 1.29 is 9.53 Å². The second kappa shape index (κ2) is 4.09. The van der Waals surface area contributed by atoms with Crippen molar-refractivity contribution in [3.8, 4) is 0 Å². The number of halogens is 1. The van der Waals surface area contributed by atoms with Crippen molar-refractivity contribution in [1.82, 2.24) is 0 Å². The van der Waals surface area contributed by atoms with E-state index in [1.165, 1.54) is 7.11 Å². The first kappa shape index (κ1) is 11.5. The summed E-state index contributed by atoms with van der Waals surface area (Å²) < 4.78 is 5.84. The van der Waals surface area contributed by atoms with Gasteiger partial charge >= 0.3 is 6.09 Å². The molecular formula is C12H14BrNO2. The highest BCUT2D eigenvalue weighted by Crippen LogP contribution is 2.44. The predicted octanol–water partition coefficient (Wildman–Crippen LogP) is 3.57. The second-order valence-electron chi connectivity index (χ2n) is 4.28. The van der Waals surface area contributed by atoms with Crippen LogP contribution < -0.4 is 4.90 Å². The monoisotopic (exact) mass is 283 g/mol. The average Bonchev–Trinajstić information content (AvgIpc) is 3.00. The number of nitrogens with zero attached hydrogens (tertiary/aromatic N) is 1. The highest BCUT2D eigenvalue weighted by atomic mass is 79.9. The molecule has 16 heavy (non-hydrogen) atoms. The first-order valence-corrected chi connectivity index (χ1v) is 6.00. The maximum absolute atomic E-state index is 11.8. The van der Waals surface area contributed by atoms with Crippen molar-refractivity contribution in [2.75, 3.05) is 12.0 Å². The van der Waals surface area contributed by atoms with Crippen molar-refractivity contribution >= 4 is 27.7 Å². The Kier molecular flexibility index (Phi) is 2.93. The largest absolute Gasteiger partial charge is 0.452 e. The summed E-state index contributed by atoms with van der Waals surface area (Å²) in [7, 11) is 1.42. The Labute approximate surface area is 104 Å². The summed E-state index contributed by atoms with van der Waals surface area (Å²) in [6.45, 7) is 2.08. The molecule has 0 unspecified atom stereocenters. The number of hydrogen-bond acceptors (Lipinski definition) is 2. The van der Waals surface area contributed by atoms with E-state index >= 15 is 0 Å². The van der Waals surface area contributed by atoms with Gasteiger partial charge in [-0.15, -0.1) is 0 Å². The highest BCUT2D eigenvalue weighted by molar-refractivity contribution is 9.10. The number of methoxy groups -OCH3 is 1. The van der Waals surface area contributed by atoms with Gasteiger partial charge in [-0.3, -0.25) is 4.90 Å². The summed E-state index contributed by atoms with van der Waals surface area (Å²) in [6.07, 6.45) is 1.76. The molecule has 0 spiro atoms. The number of benzene rings is 1. The van der Waals surface area contributed by atoms with Crippen LogP contribution in [-0.4, -0.2) is 18.7 Å². The van der Waals surface area contributed by atoms with Crippen molar-refractivity contribution in [3.05, 3.63) is 28.7 Å². The van der Waals surface area contributed by atoms with E-state index in [0.29, 0.717) is 0 Å². The van der Waals surface area contributed by atoms with Crippen molar-refractivity contribution in [2.45, 2.75) is 25.3 Å². The van der Waals surface area contributed by atoms with Gasteiger partial charge in [0.15, 0.2) is 0 Å². The smallest absolute Gasteiger partial charge is 0.414 e. The molecule has 0 bridgehead atoms. The normalized spacial score (nSPS) is 16.7. The van der Waals surface area contributed by atoms with Crippen LogP contribution in [0.25, 0.3) is 0 Å². The predicted molar refractivity (Wildman–Crippen MR) is 66.7 cm³/mol. The molecule has 0 aliphatic heterocycles. The molecule has 1 amide bonds. The van der Waals surface area contributed by atoms with Crippen LogP contribution in [0.1, 0.15) is 19.8 Å². The maximum Gasteiger partial charge on any atom is 0.414 e. The molecule has 86 valence electrons. The van der Waals surface area contributed by atoms with Gasteiger partial charge in [-0.1, -0.05) is 15.9 Å². The SMILES string of the molecule is COC(=O)N(c1ccc(Br)cc1)C1(C)CC1. The number of hydrogen-bond donors (Lipinski definition) is 0. The van der Waals surface area contributed by atoms with E-state index in [2.05, 4.69) is 22.9 Å². The van der Waals surface area contributed by atoms with Crippen molar-refractivity contribution in [1.29, 1.82) is 0 Å². The summed E-state index contributed by atoms with van der Waals surface area (Å²) in [6, 6.07) is 7.70. The molecule has 0 aromatic heterocycles. The van der Waals surface area contributed by atoms with E-state index in [1.54, 1.807) is 4.90 Å². The molecule has 4 heteroatoms. The summed E-state index contributed by atoms with van der Waals surface area (Å²) in [5.74, 6) is 0. The van der Waals surface area contributed by atoms with E-state index in [4.69, 9.17) is 4.74 Å². The number of rotatable bonds is 2. The van der Waals surface area contributed by atoms with Gasteiger partial charge in [0.25, 0.3) is 0 Å². The fraction of sp³-hybridized carbons (Fsp3) is 0.417. The van der Waals surface area contributed by atoms with Crippen LogP contribution in [0.2, 0.25) is 0 Å². The lowest BCUT2D eigenvalue weighted by molar-refractivity contribution is 0.175. The number of amides is 1. The van der Waals surface area contributed by atoms with Gasteiger partial charge in [-0.25, -0.2) is 4.79 Å². The summed E-state index contributed by atoms with van der Waals surface area (Å²) >= 11 is 3.38. The third-order valence-electron chi connectivity index (χ3n) is 2.96. The van der Waals surface area contributed by atoms with Crippen LogP contribution in [-0.2, 0) is 4.74 Å². The summed E-state index contributed by atoms with van der Waals surface area (Å²) in [5, 5.41) is 0. The lowest BCUT2D eigenvalue weighted by Gasteiger charge is -2.27. The van der Waals surface area contributed by atoms with Crippen LogP contribution in [0.5, 0.6) is 0 Å².